The van der Waals surface area contributed by atoms with Crippen molar-refractivity contribution in [1.82, 2.24) is 10.1 Å². The van der Waals surface area contributed by atoms with Gasteiger partial charge in [-0.15, -0.1) is 0 Å². The minimum Gasteiger partial charge on any atom is -0.360 e. The summed E-state index contributed by atoms with van der Waals surface area (Å²) in [6, 6.07) is 7.35. The van der Waals surface area contributed by atoms with Crippen molar-refractivity contribution in [1.29, 1.82) is 0 Å². The summed E-state index contributed by atoms with van der Waals surface area (Å²) >= 11 is 6.31. The number of halogens is 1. The first-order chi connectivity index (χ1) is 11.4. The normalized spacial score (nSPS) is 12.3. The molecule has 0 aliphatic rings. The van der Waals surface area contributed by atoms with Gasteiger partial charge in [-0.1, -0.05) is 55.7 Å². The number of hydrogen-bond donors (Lipinski definition) is 0. The summed E-state index contributed by atoms with van der Waals surface area (Å²) in [5, 5.41) is 4.67. The lowest BCUT2D eigenvalue weighted by molar-refractivity contribution is 0.0477. The van der Waals surface area contributed by atoms with Gasteiger partial charge in [0.05, 0.1) is 5.02 Å². The lowest BCUT2D eigenvalue weighted by atomic mass is 9.92. The first-order valence-corrected chi connectivity index (χ1v) is 8.83. The van der Waals surface area contributed by atoms with Gasteiger partial charge in [-0.05, 0) is 39.2 Å². The Bertz CT molecular complexity index is 767. The Hall–Kier alpha value is -1.81. The van der Waals surface area contributed by atoms with Crippen LogP contribution in [-0.2, 0) is 0 Å². The molecule has 1 aromatic carbocycles. The first-order valence-electron chi connectivity index (χ1n) is 8.45. The highest BCUT2D eigenvalue weighted by Crippen LogP contribution is 2.33. The van der Waals surface area contributed by atoms with Crippen molar-refractivity contribution in [2.45, 2.75) is 54.0 Å². The standard InChI is InChI=1S/C20H27ClN2O2/c1-13-16(17(22-25-13)14-10-8-9-11-15(14)21)18(24)23(20(5,6)7)12-19(2,3)4/h8-11H,12H2,1-7H3. The zero-order valence-electron chi connectivity index (χ0n) is 16.1. The fraction of sp³-hybridized carbons (Fsp3) is 0.500. The molecule has 0 aliphatic heterocycles. The van der Waals surface area contributed by atoms with Crippen LogP contribution in [0, 0.1) is 12.3 Å². The van der Waals surface area contributed by atoms with E-state index in [0.717, 1.165) is 0 Å². The second-order valence-corrected chi connectivity index (χ2v) is 8.97. The van der Waals surface area contributed by atoms with Gasteiger partial charge in [0.2, 0.25) is 0 Å². The molecule has 0 radical (unpaired) electrons. The van der Waals surface area contributed by atoms with Crippen LogP contribution in [0.1, 0.15) is 57.7 Å². The van der Waals surface area contributed by atoms with Crippen LogP contribution < -0.4 is 0 Å². The molecule has 25 heavy (non-hydrogen) atoms. The fourth-order valence-corrected chi connectivity index (χ4v) is 2.91. The molecule has 0 N–H and O–H groups in total. The summed E-state index contributed by atoms with van der Waals surface area (Å²) in [7, 11) is 0. The zero-order valence-corrected chi connectivity index (χ0v) is 16.9. The third-order valence-electron chi connectivity index (χ3n) is 3.89. The molecule has 4 nitrogen and oxygen atoms in total. The van der Waals surface area contributed by atoms with Crippen LogP contribution in [0.4, 0.5) is 0 Å². The highest BCUT2D eigenvalue weighted by molar-refractivity contribution is 6.33. The Kier molecular flexibility index (Phi) is 5.33. The monoisotopic (exact) mass is 362 g/mol. The van der Waals surface area contributed by atoms with E-state index < -0.39 is 0 Å². The predicted molar refractivity (Wildman–Crippen MR) is 102 cm³/mol. The van der Waals surface area contributed by atoms with Gasteiger partial charge in [0.1, 0.15) is 17.0 Å². The van der Waals surface area contributed by atoms with E-state index in [-0.39, 0.29) is 16.9 Å². The molecule has 0 aliphatic carbocycles. The molecule has 0 spiro atoms. The van der Waals surface area contributed by atoms with Crippen LogP contribution in [0.25, 0.3) is 11.3 Å². The van der Waals surface area contributed by atoms with E-state index in [0.29, 0.717) is 34.1 Å². The molecule has 0 fully saturated rings. The lowest BCUT2D eigenvalue weighted by Gasteiger charge is -2.40. The van der Waals surface area contributed by atoms with Gasteiger partial charge in [-0.25, -0.2) is 0 Å². The number of aromatic nitrogens is 1. The topological polar surface area (TPSA) is 46.3 Å². The number of hydrogen-bond acceptors (Lipinski definition) is 3. The second-order valence-electron chi connectivity index (χ2n) is 8.56. The maximum absolute atomic E-state index is 13.4. The molecule has 0 saturated heterocycles. The van der Waals surface area contributed by atoms with E-state index in [1.54, 1.807) is 13.0 Å². The number of benzene rings is 1. The molecule has 0 unspecified atom stereocenters. The highest BCUT2D eigenvalue weighted by Gasteiger charge is 2.35. The smallest absolute Gasteiger partial charge is 0.260 e. The van der Waals surface area contributed by atoms with Crippen LogP contribution in [0.2, 0.25) is 5.02 Å². The van der Waals surface area contributed by atoms with Crippen LogP contribution in [0.5, 0.6) is 0 Å². The van der Waals surface area contributed by atoms with E-state index in [1.807, 2.05) is 43.9 Å². The van der Waals surface area contributed by atoms with Crippen molar-refractivity contribution in [2.75, 3.05) is 6.54 Å². The van der Waals surface area contributed by atoms with Gasteiger partial charge >= 0.3 is 0 Å². The first kappa shape index (κ1) is 19.5. The SMILES string of the molecule is Cc1onc(-c2ccccc2Cl)c1C(=O)N(CC(C)(C)C)C(C)(C)C. The van der Waals surface area contributed by atoms with Gasteiger partial charge in [-0.2, -0.15) is 0 Å². The van der Waals surface area contributed by atoms with E-state index >= 15 is 0 Å². The maximum Gasteiger partial charge on any atom is 0.260 e. The Morgan fingerprint density at radius 3 is 2.28 bits per heavy atom. The van der Waals surface area contributed by atoms with Gasteiger partial charge in [0.15, 0.2) is 0 Å². The van der Waals surface area contributed by atoms with Crippen LogP contribution in [0.3, 0.4) is 0 Å². The Labute approximate surface area is 155 Å². The number of aryl methyl sites for hydroxylation is 1. The summed E-state index contributed by atoms with van der Waals surface area (Å²) in [5.74, 6) is 0.416. The fourth-order valence-electron chi connectivity index (χ4n) is 2.68. The van der Waals surface area contributed by atoms with Crippen LogP contribution in [0.15, 0.2) is 28.8 Å². The maximum atomic E-state index is 13.4. The summed E-state index contributed by atoms with van der Waals surface area (Å²) in [4.78, 5) is 15.3. The van der Waals surface area contributed by atoms with Crippen LogP contribution >= 0.6 is 11.6 Å². The molecule has 1 heterocycles. The molecule has 136 valence electrons. The van der Waals surface area contributed by atoms with Crippen molar-refractivity contribution in [2.24, 2.45) is 5.41 Å². The number of nitrogens with zero attached hydrogens (tertiary/aromatic N) is 2. The number of carbonyl (C=O) groups excluding carboxylic acids is 1. The van der Waals surface area contributed by atoms with Gasteiger partial charge in [0, 0.05) is 17.6 Å². The molecule has 0 bridgehead atoms. The largest absolute Gasteiger partial charge is 0.360 e. The molecular formula is C20H27ClN2O2. The molecule has 5 heteroatoms. The molecule has 0 saturated carbocycles. The lowest BCUT2D eigenvalue weighted by Crippen LogP contribution is -2.49. The third-order valence-corrected chi connectivity index (χ3v) is 4.22. The van der Waals surface area contributed by atoms with Crippen molar-refractivity contribution >= 4 is 17.5 Å². The average Bonchev–Trinajstić information content (AvgIpc) is 2.84. The predicted octanol–water partition coefficient (Wildman–Crippen LogP) is 5.59. The summed E-state index contributed by atoms with van der Waals surface area (Å²) < 4.78 is 5.36. The number of amides is 1. The van der Waals surface area contributed by atoms with E-state index in [9.17, 15) is 4.79 Å². The molecular weight excluding hydrogens is 336 g/mol. The summed E-state index contributed by atoms with van der Waals surface area (Å²) in [6.07, 6.45) is 0. The molecule has 2 aromatic rings. The van der Waals surface area contributed by atoms with Crippen molar-refractivity contribution in [3.05, 3.63) is 40.6 Å². The Morgan fingerprint density at radius 2 is 1.76 bits per heavy atom. The number of carbonyl (C=O) groups is 1. The summed E-state index contributed by atoms with van der Waals surface area (Å²) in [5.41, 5.74) is 1.32. The highest BCUT2D eigenvalue weighted by atomic mass is 35.5. The van der Waals surface area contributed by atoms with Crippen molar-refractivity contribution in [3.8, 4) is 11.3 Å². The van der Waals surface area contributed by atoms with Crippen molar-refractivity contribution < 1.29 is 9.32 Å². The summed E-state index contributed by atoms with van der Waals surface area (Å²) in [6.45, 7) is 14.9. The molecule has 0 atom stereocenters. The van der Waals surface area contributed by atoms with Gasteiger partial charge < -0.3 is 9.42 Å². The third kappa shape index (κ3) is 4.43. The minimum atomic E-state index is -0.328. The second kappa shape index (κ2) is 6.83. The Morgan fingerprint density at radius 1 is 1.16 bits per heavy atom. The minimum absolute atomic E-state index is 0.0292. The van der Waals surface area contributed by atoms with Gasteiger partial charge in [-0.3, -0.25) is 4.79 Å². The van der Waals surface area contributed by atoms with E-state index in [2.05, 4.69) is 25.9 Å². The molecule has 1 aromatic heterocycles. The van der Waals surface area contributed by atoms with E-state index in [1.165, 1.54) is 0 Å². The molecule has 1 amide bonds. The van der Waals surface area contributed by atoms with Gasteiger partial charge in [0.25, 0.3) is 5.91 Å². The zero-order chi connectivity index (χ0) is 19.0. The average molecular weight is 363 g/mol. The quantitative estimate of drug-likeness (QED) is 0.714. The van der Waals surface area contributed by atoms with E-state index in [4.69, 9.17) is 16.1 Å². The number of rotatable bonds is 3. The van der Waals surface area contributed by atoms with Crippen molar-refractivity contribution in [3.63, 3.8) is 0 Å². The van der Waals surface area contributed by atoms with Crippen LogP contribution in [-0.4, -0.2) is 28.0 Å². The molecule has 2 rings (SSSR count). The Balaban J connectivity index is 2.55.